The summed E-state index contributed by atoms with van der Waals surface area (Å²) < 4.78 is 0. The van der Waals surface area contributed by atoms with Gasteiger partial charge in [0.2, 0.25) is 0 Å². The molecule has 0 saturated carbocycles. The summed E-state index contributed by atoms with van der Waals surface area (Å²) >= 11 is 7.46. The molecular weight excluding hydrogens is 212 g/mol. The summed E-state index contributed by atoms with van der Waals surface area (Å²) in [5.74, 6) is 0. The maximum absolute atomic E-state index is 5.69. The molecule has 0 spiro atoms. The maximum atomic E-state index is 5.69. The van der Waals surface area contributed by atoms with Crippen LogP contribution in [0.1, 0.15) is 18.4 Å². The summed E-state index contributed by atoms with van der Waals surface area (Å²) in [6.45, 7) is 3.68. The van der Waals surface area contributed by atoms with Crippen molar-refractivity contribution in [1.29, 1.82) is 0 Å². The number of allylic oxidation sites excluding steroid dienone is 1. The average molecular weight is 227 g/mol. The van der Waals surface area contributed by atoms with E-state index in [0.717, 1.165) is 24.3 Å². The maximum Gasteiger partial charge on any atom is 0.0109 e. The van der Waals surface area contributed by atoms with E-state index in [1.54, 1.807) is 11.8 Å². The van der Waals surface area contributed by atoms with Crippen molar-refractivity contribution in [3.63, 3.8) is 0 Å². The van der Waals surface area contributed by atoms with Gasteiger partial charge in [0.15, 0.2) is 0 Å². The van der Waals surface area contributed by atoms with Crippen LogP contribution in [0, 0.1) is 0 Å². The van der Waals surface area contributed by atoms with Crippen LogP contribution in [0.3, 0.4) is 0 Å². The molecule has 0 aliphatic rings. The Kier molecular flexibility index (Phi) is 5.13. The smallest absolute Gasteiger partial charge is 0.0109 e. The van der Waals surface area contributed by atoms with E-state index in [0.29, 0.717) is 0 Å². The molecule has 0 saturated heterocycles. The number of rotatable bonds is 5. The minimum absolute atomic E-state index is 0.755. The Morgan fingerprint density at radius 3 is 2.50 bits per heavy atom. The number of hydrogen-bond donors (Lipinski definition) is 0. The lowest BCUT2D eigenvalue weighted by molar-refractivity contribution is 0.835. The van der Waals surface area contributed by atoms with E-state index in [9.17, 15) is 0 Å². The van der Waals surface area contributed by atoms with Gasteiger partial charge in [-0.2, -0.15) is 0 Å². The van der Waals surface area contributed by atoms with E-state index in [4.69, 9.17) is 11.6 Å². The van der Waals surface area contributed by atoms with Crippen LogP contribution in [0.2, 0.25) is 0 Å². The van der Waals surface area contributed by atoms with E-state index >= 15 is 0 Å². The van der Waals surface area contributed by atoms with E-state index in [-0.39, 0.29) is 0 Å². The zero-order valence-corrected chi connectivity index (χ0v) is 10.00. The van der Waals surface area contributed by atoms with Gasteiger partial charge in [0.1, 0.15) is 0 Å². The Morgan fingerprint density at radius 2 is 2.00 bits per heavy atom. The topological polar surface area (TPSA) is 0 Å². The molecule has 0 N–H and O–H groups in total. The summed E-state index contributed by atoms with van der Waals surface area (Å²) in [5.41, 5.74) is 1.38. The van der Waals surface area contributed by atoms with Gasteiger partial charge < -0.3 is 0 Å². The van der Waals surface area contributed by atoms with Crippen molar-refractivity contribution in [3.8, 4) is 0 Å². The van der Waals surface area contributed by atoms with Crippen LogP contribution in [0.4, 0.5) is 0 Å². The third-order valence-electron chi connectivity index (χ3n) is 2.07. The van der Waals surface area contributed by atoms with Gasteiger partial charge in [-0.15, -0.1) is 11.8 Å². The van der Waals surface area contributed by atoms with Crippen LogP contribution >= 0.6 is 23.4 Å². The van der Waals surface area contributed by atoms with Crippen LogP contribution < -0.4 is 0 Å². The molecule has 0 amide bonds. The average Bonchev–Trinajstić information content (AvgIpc) is 2.18. The molecule has 0 fully saturated rings. The fourth-order valence-corrected chi connectivity index (χ4v) is 1.82. The zero-order valence-electron chi connectivity index (χ0n) is 8.42. The highest BCUT2D eigenvalue weighted by atomic mass is 35.5. The number of benzene rings is 1. The molecule has 0 atom stereocenters. The molecule has 0 aromatic heterocycles. The SMILES string of the molecule is C=C(Cl)CCCc1ccc(SC)cc1. The van der Waals surface area contributed by atoms with Crippen LogP contribution in [-0.4, -0.2) is 6.26 Å². The lowest BCUT2D eigenvalue weighted by Crippen LogP contribution is -1.85. The second kappa shape index (κ2) is 6.15. The number of aryl methyl sites for hydroxylation is 1. The fraction of sp³-hybridized carbons (Fsp3) is 0.333. The predicted molar refractivity (Wildman–Crippen MR) is 66.2 cm³/mol. The predicted octanol–water partition coefficient (Wildman–Crippen LogP) is 4.48. The van der Waals surface area contributed by atoms with Gasteiger partial charge in [-0.25, -0.2) is 0 Å². The van der Waals surface area contributed by atoms with E-state index < -0.39 is 0 Å². The molecule has 14 heavy (non-hydrogen) atoms. The van der Waals surface area contributed by atoms with Crippen molar-refractivity contribution >= 4 is 23.4 Å². The van der Waals surface area contributed by atoms with E-state index in [2.05, 4.69) is 37.1 Å². The van der Waals surface area contributed by atoms with Crippen LogP contribution in [0.25, 0.3) is 0 Å². The first-order valence-electron chi connectivity index (χ1n) is 4.68. The summed E-state index contributed by atoms with van der Waals surface area (Å²) in [6.07, 6.45) is 5.17. The summed E-state index contributed by atoms with van der Waals surface area (Å²) in [6, 6.07) is 8.69. The Balaban J connectivity index is 2.40. The van der Waals surface area contributed by atoms with Gasteiger partial charge in [-0.1, -0.05) is 30.3 Å². The second-order valence-corrected chi connectivity index (χ2v) is 4.63. The van der Waals surface area contributed by atoms with Crippen LogP contribution in [0.5, 0.6) is 0 Å². The van der Waals surface area contributed by atoms with Gasteiger partial charge in [-0.05, 0) is 43.2 Å². The van der Waals surface area contributed by atoms with Crippen LogP contribution in [0.15, 0.2) is 40.8 Å². The molecule has 1 rings (SSSR count). The molecule has 0 radical (unpaired) electrons. The first kappa shape index (κ1) is 11.7. The van der Waals surface area contributed by atoms with Crippen molar-refractivity contribution < 1.29 is 0 Å². The van der Waals surface area contributed by atoms with E-state index in [1.165, 1.54) is 10.5 Å². The monoisotopic (exact) mass is 226 g/mol. The summed E-state index contributed by atoms with van der Waals surface area (Å²) in [7, 11) is 0. The fourth-order valence-electron chi connectivity index (χ4n) is 1.28. The van der Waals surface area contributed by atoms with Crippen molar-refractivity contribution in [2.75, 3.05) is 6.26 Å². The molecule has 0 unspecified atom stereocenters. The number of hydrogen-bond acceptors (Lipinski definition) is 1. The number of thioether (sulfide) groups is 1. The summed E-state index contributed by atoms with van der Waals surface area (Å²) in [4.78, 5) is 1.32. The van der Waals surface area contributed by atoms with Gasteiger partial charge >= 0.3 is 0 Å². The highest BCUT2D eigenvalue weighted by Crippen LogP contribution is 2.17. The quantitative estimate of drug-likeness (QED) is 0.667. The molecule has 1 aromatic carbocycles. The van der Waals surface area contributed by atoms with Gasteiger partial charge in [0, 0.05) is 9.93 Å². The Morgan fingerprint density at radius 1 is 1.36 bits per heavy atom. The molecule has 0 aliphatic carbocycles. The highest BCUT2D eigenvalue weighted by molar-refractivity contribution is 7.98. The molecule has 0 aliphatic heterocycles. The Labute approximate surface area is 95.4 Å². The molecule has 0 heterocycles. The molecule has 76 valence electrons. The molecular formula is C12H15ClS. The van der Waals surface area contributed by atoms with Gasteiger partial charge in [0.25, 0.3) is 0 Å². The van der Waals surface area contributed by atoms with Crippen molar-refractivity contribution in [2.24, 2.45) is 0 Å². The normalized spacial score (nSPS) is 10.1. The third kappa shape index (κ3) is 4.21. The third-order valence-corrected chi connectivity index (χ3v) is 3.01. The van der Waals surface area contributed by atoms with Gasteiger partial charge in [0.05, 0.1) is 0 Å². The zero-order chi connectivity index (χ0) is 10.4. The van der Waals surface area contributed by atoms with Gasteiger partial charge in [-0.3, -0.25) is 0 Å². The molecule has 1 aromatic rings. The van der Waals surface area contributed by atoms with Crippen molar-refractivity contribution in [2.45, 2.75) is 24.2 Å². The summed E-state index contributed by atoms with van der Waals surface area (Å²) in [5, 5.41) is 0.755. The minimum atomic E-state index is 0.755. The lowest BCUT2D eigenvalue weighted by Gasteiger charge is -2.01. The lowest BCUT2D eigenvalue weighted by atomic mass is 10.1. The first-order valence-corrected chi connectivity index (χ1v) is 6.29. The molecule has 2 heteroatoms. The second-order valence-electron chi connectivity index (χ2n) is 3.22. The highest BCUT2D eigenvalue weighted by Gasteiger charge is 1.95. The van der Waals surface area contributed by atoms with Crippen molar-refractivity contribution in [3.05, 3.63) is 41.4 Å². The standard InChI is InChI=1S/C12H15ClS/c1-10(13)4-3-5-11-6-8-12(14-2)9-7-11/h6-9H,1,3-5H2,2H3. The first-order chi connectivity index (χ1) is 6.72. The minimum Gasteiger partial charge on any atom is -0.130 e. The molecule has 0 nitrogen and oxygen atoms in total. The molecule has 0 bridgehead atoms. The van der Waals surface area contributed by atoms with E-state index in [1.807, 2.05) is 0 Å². The Bertz CT molecular complexity index is 290. The van der Waals surface area contributed by atoms with Crippen molar-refractivity contribution in [1.82, 2.24) is 0 Å². The largest absolute Gasteiger partial charge is 0.130 e. The van der Waals surface area contributed by atoms with Crippen LogP contribution in [-0.2, 0) is 6.42 Å². The number of halogens is 1. The Hall–Kier alpha value is -0.400.